The highest BCUT2D eigenvalue weighted by Crippen LogP contribution is 2.35. The summed E-state index contributed by atoms with van der Waals surface area (Å²) in [5.41, 5.74) is 0.988. The van der Waals surface area contributed by atoms with E-state index in [1.807, 2.05) is 36.9 Å². The Labute approximate surface area is 133 Å². The van der Waals surface area contributed by atoms with Crippen LogP contribution in [0.3, 0.4) is 0 Å². The summed E-state index contributed by atoms with van der Waals surface area (Å²) >= 11 is 0. The predicted octanol–water partition coefficient (Wildman–Crippen LogP) is 3.34. The Morgan fingerprint density at radius 1 is 1.32 bits per heavy atom. The number of carbonyl (C=O) groups is 1. The van der Waals surface area contributed by atoms with Crippen LogP contribution in [0, 0.1) is 16.7 Å². The number of nitrogens with zero attached hydrogens (tertiary/aromatic N) is 2. The molecule has 1 N–H and O–H groups in total. The quantitative estimate of drug-likeness (QED) is 0.927. The lowest BCUT2D eigenvalue weighted by atomic mass is 9.75. The van der Waals surface area contributed by atoms with Crippen molar-refractivity contribution in [2.45, 2.75) is 45.6 Å². The van der Waals surface area contributed by atoms with Crippen LogP contribution in [0.4, 0.5) is 4.79 Å². The van der Waals surface area contributed by atoms with E-state index in [0.29, 0.717) is 13.1 Å². The highest BCUT2D eigenvalue weighted by atomic mass is 16.2. The number of rotatable bonds is 4. The minimum atomic E-state index is -0.287. The summed E-state index contributed by atoms with van der Waals surface area (Å²) in [6.07, 6.45) is 3.32. The van der Waals surface area contributed by atoms with Crippen molar-refractivity contribution in [2.75, 3.05) is 13.1 Å². The molecule has 4 nitrogen and oxygen atoms in total. The molecule has 0 saturated carbocycles. The normalized spacial score (nSPS) is 17.1. The van der Waals surface area contributed by atoms with E-state index in [2.05, 4.69) is 23.5 Å². The van der Waals surface area contributed by atoms with Crippen molar-refractivity contribution < 1.29 is 4.79 Å². The van der Waals surface area contributed by atoms with Gasteiger partial charge in [0.25, 0.3) is 0 Å². The molecule has 1 aliphatic heterocycles. The molecule has 4 heteroatoms. The lowest BCUT2D eigenvalue weighted by Crippen LogP contribution is -2.48. The van der Waals surface area contributed by atoms with Gasteiger partial charge < -0.3 is 10.2 Å². The van der Waals surface area contributed by atoms with Gasteiger partial charge in [0.1, 0.15) is 0 Å². The summed E-state index contributed by atoms with van der Waals surface area (Å²) in [5, 5.41) is 12.5. The zero-order valence-corrected chi connectivity index (χ0v) is 13.5. The molecule has 1 aliphatic rings. The van der Waals surface area contributed by atoms with E-state index >= 15 is 0 Å². The monoisotopic (exact) mass is 299 g/mol. The number of nitriles is 1. The van der Waals surface area contributed by atoms with Gasteiger partial charge in [-0.25, -0.2) is 4.79 Å². The van der Waals surface area contributed by atoms with Gasteiger partial charge in [0.2, 0.25) is 0 Å². The van der Waals surface area contributed by atoms with Crippen LogP contribution in [-0.4, -0.2) is 30.1 Å². The van der Waals surface area contributed by atoms with Crippen molar-refractivity contribution in [1.82, 2.24) is 10.2 Å². The summed E-state index contributed by atoms with van der Waals surface area (Å²) in [7, 11) is 0. The Morgan fingerprint density at radius 2 is 1.95 bits per heavy atom. The van der Waals surface area contributed by atoms with Crippen LogP contribution >= 0.6 is 0 Å². The van der Waals surface area contributed by atoms with E-state index in [4.69, 9.17) is 0 Å². The number of carbonyl (C=O) groups excluding carboxylic acids is 1. The van der Waals surface area contributed by atoms with Gasteiger partial charge >= 0.3 is 6.03 Å². The smallest absolute Gasteiger partial charge is 0.317 e. The molecule has 0 spiro atoms. The molecule has 22 heavy (non-hydrogen) atoms. The van der Waals surface area contributed by atoms with E-state index in [9.17, 15) is 10.1 Å². The van der Waals surface area contributed by atoms with E-state index < -0.39 is 0 Å². The third kappa shape index (κ3) is 4.24. The Balaban J connectivity index is 1.89. The average Bonchev–Trinajstić information content (AvgIpc) is 2.54. The number of nitrogens with one attached hydrogen (secondary N) is 1. The SMILES string of the molecule is CC(C)NC(=O)N1CCC(C#N)(CCc2ccccc2)CC1. The molecule has 1 aromatic carbocycles. The van der Waals surface area contributed by atoms with Gasteiger partial charge in [-0.2, -0.15) is 5.26 Å². The molecule has 0 aromatic heterocycles. The Morgan fingerprint density at radius 3 is 2.50 bits per heavy atom. The number of likely N-dealkylation sites (tertiary alicyclic amines) is 1. The first-order valence-electron chi connectivity index (χ1n) is 8.05. The van der Waals surface area contributed by atoms with Crippen LogP contribution in [0.15, 0.2) is 30.3 Å². The summed E-state index contributed by atoms with van der Waals surface area (Å²) < 4.78 is 0. The molecule has 0 radical (unpaired) electrons. The maximum atomic E-state index is 12.0. The molecule has 1 heterocycles. The zero-order chi connectivity index (χ0) is 16.0. The minimum Gasteiger partial charge on any atom is -0.336 e. The molecule has 0 bridgehead atoms. The largest absolute Gasteiger partial charge is 0.336 e. The van der Waals surface area contributed by atoms with Gasteiger partial charge in [-0.15, -0.1) is 0 Å². The summed E-state index contributed by atoms with van der Waals surface area (Å²) in [4.78, 5) is 13.9. The summed E-state index contributed by atoms with van der Waals surface area (Å²) in [5.74, 6) is 0. The van der Waals surface area contributed by atoms with E-state index in [0.717, 1.165) is 25.7 Å². The second-order valence-electron chi connectivity index (χ2n) is 6.47. The number of aryl methyl sites for hydroxylation is 1. The van der Waals surface area contributed by atoms with E-state index in [1.165, 1.54) is 5.56 Å². The fourth-order valence-electron chi connectivity index (χ4n) is 2.92. The van der Waals surface area contributed by atoms with Gasteiger partial charge in [0, 0.05) is 19.1 Å². The van der Waals surface area contributed by atoms with Crippen LogP contribution in [0.1, 0.15) is 38.7 Å². The summed E-state index contributed by atoms with van der Waals surface area (Å²) in [6, 6.07) is 13.0. The second-order valence-corrected chi connectivity index (χ2v) is 6.47. The molecule has 2 amide bonds. The molecular formula is C18H25N3O. The van der Waals surface area contributed by atoms with Crippen LogP contribution in [-0.2, 0) is 6.42 Å². The lowest BCUT2D eigenvalue weighted by Gasteiger charge is -2.37. The molecule has 2 rings (SSSR count). The van der Waals surface area contributed by atoms with E-state index in [-0.39, 0.29) is 17.5 Å². The van der Waals surface area contributed by atoms with Crippen molar-refractivity contribution in [2.24, 2.45) is 5.41 Å². The first-order valence-corrected chi connectivity index (χ1v) is 8.05. The molecule has 118 valence electrons. The topological polar surface area (TPSA) is 56.1 Å². The van der Waals surface area contributed by atoms with Gasteiger partial charge in [0.15, 0.2) is 0 Å². The standard InChI is InChI=1S/C18H25N3O/c1-15(2)20-17(22)21-12-10-18(14-19,11-13-21)9-8-16-6-4-3-5-7-16/h3-7,15H,8-13H2,1-2H3,(H,20,22). The fraction of sp³-hybridized carbons (Fsp3) is 0.556. The van der Waals surface area contributed by atoms with Crippen LogP contribution in [0.2, 0.25) is 0 Å². The van der Waals surface area contributed by atoms with Gasteiger partial charge in [-0.05, 0) is 45.1 Å². The van der Waals surface area contributed by atoms with Crippen molar-refractivity contribution >= 4 is 6.03 Å². The summed E-state index contributed by atoms with van der Waals surface area (Å²) in [6.45, 7) is 5.25. The minimum absolute atomic E-state index is 0.00963. The third-order valence-corrected chi connectivity index (χ3v) is 4.39. The zero-order valence-electron chi connectivity index (χ0n) is 13.5. The maximum Gasteiger partial charge on any atom is 0.317 e. The van der Waals surface area contributed by atoms with Crippen molar-refractivity contribution in [1.29, 1.82) is 5.26 Å². The van der Waals surface area contributed by atoms with Crippen LogP contribution in [0.25, 0.3) is 0 Å². The average molecular weight is 299 g/mol. The van der Waals surface area contributed by atoms with Gasteiger partial charge in [0.05, 0.1) is 11.5 Å². The maximum absolute atomic E-state index is 12.0. The molecule has 0 unspecified atom stereocenters. The third-order valence-electron chi connectivity index (χ3n) is 4.39. The lowest BCUT2D eigenvalue weighted by molar-refractivity contribution is 0.142. The Kier molecular flexibility index (Phi) is 5.43. The van der Waals surface area contributed by atoms with Crippen molar-refractivity contribution in [3.05, 3.63) is 35.9 Å². The molecular weight excluding hydrogens is 274 g/mol. The number of hydrogen-bond acceptors (Lipinski definition) is 2. The Hall–Kier alpha value is -2.02. The van der Waals surface area contributed by atoms with Crippen LogP contribution < -0.4 is 5.32 Å². The Bertz CT molecular complexity index is 525. The van der Waals surface area contributed by atoms with Gasteiger partial charge in [-0.1, -0.05) is 30.3 Å². The molecule has 0 aliphatic carbocycles. The number of benzene rings is 1. The molecule has 1 aromatic rings. The fourth-order valence-corrected chi connectivity index (χ4v) is 2.92. The van der Waals surface area contributed by atoms with Crippen LogP contribution in [0.5, 0.6) is 0 Å². The molecule has 1 saturated heterocycles. The predicted molar refractivity (Wildman–Crippen MR) is 87.3 cm³/mol. The van der Waals surface area contributed by atoms with E-state index in [1.54, 1.807) is 0 Å². The number of amides is 2. The van der Waals surface area contributed by atoms with Gasteiger partial charge in [-0.3, -0.25) is 0 Å². The van der Waals surface area contributed by atoms with Crippen molar-refractivity contribution in [3.8, 4) is 6.07 Å². The number of urea groups is 1. The molecule has 0 atom stereocenters. The first-order chi connectivity index (χ1) is 10.5. The first kappa shape index (κ1) is 16.4. The highest BCUT2D eigenvalue weighted by molar-refractivity contribution is 5.74. The van der Waals surface area contributed by atoms with Crippen molar-refractivity contribution in [3.63, 3.8) is 0 Å². The highest BCUT2D eigenvalue weighted by Gasteiger charge is 2.35. The number of hydrogen-bond donors (Lipinski definition) is 1. The number of piperidine rings is 1. The second kappa shape index (κ2) is 7.31. The molecule has 1 fully saturated rings.